The Kier molecular flexibility index (Phi) is 4.95. The lowest BCUT2D eigenvalue weighted by molar-refractivity contribution is -0.114. The molecule has 0 spiro atoms. The number of thiazole rings is 1. The molecule has 0 radical (unpaired) electrons. The summed E-state index contributed by atoms with van der Waals surface area (Å²) in [6, 6.07) is 8.99. The summed E-state index contributed by atoms with van der Waals surface area (Å²) in [4.78, 5) is 27.3. The summed E-state index contributed by atoms with van der Waals surface area (Å²) in [6.07, 6.45) is 3.02. The molecule has 0 saturated carbocycles. The number of fused-ring (bicyclic) bond motifs is 1. The molecule has 0 saturated heterocycles. The minimum Gasteiger partial charge on any atom is -0.451 e. The SMILES string of the molecule is CC(=O)Nc1nc2ccc(NC(=O)C=Cc3ccc(I)o3)cc2s1. The fraction of sp³-hybridized carbons (Fsp3) is 0.0625. The van der Waals surface area contributed by atoms with Gasteiger partial charge in [-0.3, -0.25) is 9.59 Å². The predicted octanol–water partition coefficient (Wildman–Crippen LogP) is 4.10. The second kappa shape index (κ2) is 7.14. The highest BCUT2D eigenvalue weighted by atomic mass is 127. The fourth-order valence-electron chi connectivity index (χ4n) is 1.97. The van der Waals surface area contributed by atoms with Crippen molar-refractivity contribution < 1.29 is 14.0 Å². The number of anilines is 2. The van der Waals surface area contributed by atoms with Gasteiger partial charge in [0.2, 0.25) is 11.8 Å². The van der Waals surface area contributed by atoms with Crippen molar-refractivity contribution in [3.05, 3.63) is 45.9 Å². The molecular weight excluding hydrogens is 441 g/mol. The molecule has 0 unspecified atom stereocenters. The summed E-state index contributed by atoms with van der Waals surface area (Å²) in [6.45, 7) is 1.43. The highest BCUT2D eigenvalue weighted by Gasteiger charge is 2.07. The van der Waals surface area contributed by atoms with E-state index in [0.29, 0.717) is 16.6 Å². The molecular formula is C16H12IN3O3S. The lowest BCUT2D eigenvalue weighted by atomic mass is 10.3. The molecule has 0 aliphatic rings. The van der Waals surface area contributed by atoms with Crippen LogP contribution in [-0.4, -0.2) is 16.8 Å². The van der Waals surface area contributed by atoms with E-state index in [1.54, 1.807) is 24.3 Å². The van der Waals surface area contributed by atoms with Crippen molar-refractivity contribution >= 4 is 72.9 Å². The third kappa shape index (κ3) is 4.20. The number of furan rings is 1. The molecule has 6 nitrogen and oxygen atoms in total. The summed E-state index contributed by atoms with van der Waals surface area (Å²) in [5, 5.41) is 5.97. The Hall–Kier alpha value is -2.20. The van der Waals surface area contributed by atoms with E-state index in [1.807, 2.05) is 12.1 Å². The fourth-order valence-corrected chi connectivity index (χ4v) is 3.35. The number of nitrogens with zero attached hydrogens (tertiary/aromatic N) is 1. The number of benzene rings is 1. The first-order valence-electron chi connectivity index (χ1n) is 6.92. The molecule has 3 rings (SSSR count). The van der Waals surface area contributed by atoms with Gasteiger partial charge in [0.1, 0.15) is 5.76 Å². The Morgan fingerprint density at radius 1 is 1.25 bits per heavy atom. The Morgan fingerprint density at radius 2 is 2.08 bits per heavy atom. The van der Waals surface area contributed by atoms with E-state index in [2.05, 4.69) is 38.2 Å². The first-order chi connectivity index (χ1) is 11.5. The van der Waals surface area contributed by atoms with E-state index >= 15 is 0 Å². The topological polar surface area (TPSA) is 84.2 Å². The molecule has 2 N–H and O–H groups in total. The molecule has 0 aliphatic heterocycles. The highest BCUT2D eigenvalue weighted by Crippen LogP contribution is 2.28. The van der Waals surface area contributed by atoms with Gasteiger partial charge in [-0.25, -0.2) is 4.98 Å². The van der Waals surface area contributed by atoms with Gasteiger partial charge in [-0.05, 0) is 59.0 Å². The summed E-state index contributed by atoms with van der Waals surface area (Å²) in [5.41, 5.74) is 1.42. The maximum Gasteiger partial charge on any atom is 0.248 e. The van der Waals surface area contributed by atoms with Gasteiger partial charge in [-0.2, -0.15) is 0 Å². The van der Waals surface area contributed by atoms with E-state index in [0.717, 1.165) is 14.0 Å². The highest BCUT2D eigenvalue weighted by molar-refractivity contribution is 14.1. The Morgan fingerprint density at radius 3 is 2.79 bits per heavy atom. The van der Waals surface area contributed by atoms with Crippen molar-refractivity contribution in [2.45, 2.75) is 6.92 Å². The maximum absolute atomic E-state index is 12.0. The third-order valence-corrected chi connectivity index (χ3v) is 4.45. The number of carbonyl (C=O) groups excluding carboxylic acids is 2. The molecule has 0 fully saturated rings. The van der Waals surface area contributed by atoms with Gasteiger partial charge in [-0.15, -0.1) is 0 Å². The van der Waals surface area contributed by atoms with E-state index in [-0.39, 0.29) is 11.8 Å². The van der Waals surface area contributed by atoms with Crippen LogP contribution in [0.4, 0.5) is 10.8 Å². The number of nitrogens with one attached hydrogen (secondary N) is 2. The average Bonchev–Trinajstić information content (AvgIpc) is 3.09. The van der Waals surface area contributed by atoms with E-state index < -0.39 is 0 Å². The molecule has 0 atom stereocenters. The molecule has 2 amide bonds. The van der Waals surface area contributed by atoms with E-state index in [4.69, 9.17) is 4.42 Å². The number of hydrogen-bond donors (Lipinski definition) is 2. The van der Waals surface area contributed by atoms with Crippen LogP contribution in [0.5, 0.6) is 0 Å². The monoisotopic (exact) mass is 453 g/mol. The average molecular weight is 453 g/mol. The summed E-state index contributed by atoms with van der Waals surface area (Å²) in [5.74, 6) is 0.195. The zero-order chi connectivity index (χ0) is 17.1. The van der Waals surface area contributed by atoms with Gasteiger partial charge in [0.05, 0.1) is 10.2 Å². The van der Waals surface area contributed by atoms with Crippen LogP contribution in [0.2, 0.25) is 0 Å². The maximum atomic E-state index is 12.0. The lowest BCUT2D eigenvalue weighted by Gasteiger charge is -2.01. The summed E-state index contributed by atoms with van der Waals surface area (Å²) < 4.78 is 6.99. The predicted molar refractivity (Wildman–Crippen MR) is 103 cm³/mol. The number of hydrogen-bond acceptors (Lipinski definition) is 5. The molecule has 24 heavy (non-hydrogen) atoms. The molecule has 2 heterocycles. The molecule has 1 aromatic carbocycles. The Balaban J connectivity index is 1.71. The van der Waals surface area contributed by atoms with Crippen molar-refractivity contribution in [2.24, 2.45) is 0 Å². The van der Waals surface area contributed by atoms with Crippen LogP contribution in [0.3, 0.4) is 0 Å². The first-order valence-corrected chi connectivity index (χ1v) is 8.82. The summed E-state index contributed by atoms with van der Waals surface area (Å²) in [7, 11) is 0. The van der Waals surface area contributed by atoms with Gasteiger partial charge in [0, 0.05) is 18.7 Å². The van der Waals surface area contributed by atoms with Gasteiger partial charge in [0.25, 0.3) is 0 Å². The lowest BCUT2D eigenvalue weighted by Crippen LogP contribution is -2.07. The van der Waals surface area contributed by atoms with Gasteiger partial charge in [0.15, 0.2) is 8.90 Å². The molecule has 3 aromatic rings. The second-order valence-corrected chi connectivity index (χ2v) is 6.94. The minimum absolute atomic E-state index is 0.166. The van der Waals surface area contributed by atoms with Crippen LogP contribution < -0.4 is 10.6 Å². The van der Waals surface area contributed by atoms with Crippen molar-refractivity contribution in [3.8, 4) is 0 Å². The standard InChI is InChI=1S/C16H12IN3O3S/c1-9(21)18-16-20-12-5-2-10(8-13(12)24-16)19-15(22)7-4-11-3-6-14(17)23-11/h2-8H,1H3,(H,19,22)(H,18,20,21). The Bertz CT molecular complexity index is 945. The first kappa shape index (κ1) is 16.7. The molecule has 122 valence electrons. The van der Waals surface area contributed by atoms with E-state index in [1.165, 1.54) is 24.3 Å². The van der Waals surface area contributed by atoms with Gasteiger partial charge >= 0.3 is 0 Å². The minimum atomic E-state index is -0.257. The van der Waals surface area contributed by atoms with Crippen LogP contribution in [0.25, 0.3) is 16.3 Å². The van der Waals surface area contributed by atoms with Crippen LogP contribution in [0, 0.1) is 3.77 Å². The van der Waals surface area contributed by atoms with Crippen molar-refractivity contribution in [1.29, 1.82) is 0 Å². The number of halogens is 1. The van der Waals surface area contributed by atoms with Crippen LogP contribution >= 0.6 is 33.9 Å². The molecule has 8 heteroatoms. The van der Waals surface area contributed by atoms with Crippen molar-refractivity contribution in [1.82, 2.24) is 4.98 Å². The molecule has 0 aliphatic carbocycles. The Labute approximate surface area is 155 Å². The van der Waals surface area contributed by atoms with Gasteiger partial charge < -0.3 is 15.1 Å². The van der Waals surface area contributed by atoms with E-state index in [9.17, 15) is 9.59 Å². The molecule has 0 bridgehead atoms. The van der Waals surface area contributed by atoms with Gasteiger partial charge in [-0.1, -0.05) is 11.3 Å². The largest absolute Gasteiger partial charge is 0.451 e. The van der Waals surface area contributed by atoms with Crippen LogP contribution in [0.15, 0.2) is 40.8 Å². The smallest absolute Gasteiger partial charge is 0.248 e. The number of rotatable bonds is 4. The number of aromatic nitrogens is 1. The normalized spacial score (nSPS) is 11.1. The third-order valence-electron chi connectivity index (χ3n) is 2.93. The van der Waals surface area contributed by atoms with Crippen molar-refractivity contribution in [2.75, 3.05) is 10.6 Å². The summed E-state index contributed by atoms with van der Waals surface area (Å²) >= 11 is 3.41. The van der Waals surface area contributed by atoms with Crippen LogP contribution in [-0.2, 0) is 9.59 Å². The second-order valence-electron chi connectivity index (χ2n) is 4.85. The quantitative estimate of drug-likeness (QED) is 0.460. The zero-order valence-electron chi connectivity index (χ0n) is 12.5. The zero-order valence-corrected chi connectivity index (χ0v) is 15.5. The van der Waals surface area contributed by atoms with Crippen LogP contribution in [0.1, 0.15) is 12.7 Å². The van der Waals surface area contributed by atoms with Crippen molar-refractivity contribution in [3.63, 3.8) is 0 Å². The number of amides is 2. The molecule has 2 aromatic heterocycles. The number of carbonyl (C=O) groups is 2.